The van der Waals surface area contributed by atoms with Gasteiger partial charge in [-0.3, -0.25) is 4.79 Å². The summed E-state index contributed by atoms with van der Waals surface area (Å²) in [5, 5.41) is 2.28. The predicted octanol–water partition coefficient (Wildman–Crippen LogP) is 4.77. The molecule has 0 aliphatic heterocycles. The normalized spacial score (nSPS) is 11.7. The lowest BCUT2D eigenvalue weighted by atomic mass is 10.1. The topological polar surface area (TPSA) is 17.1 Å². The van der Waals surface area contributed by atoms with Crippen LogP contribution in [-0.2, 0) is 0 Å². The molecule has 0 unspecified atom stereocenters. The van der Waals surface area contributed by atoms with Gasteiger partial charge in [0.15, 0.2) is 9.19 Å². The second-order valence-corrected chi connectivity index (χ2v) is 7.90. The highest BCUT2D eigenvalue weighted by Gasteiger charge is 2.36. The first-order chi connectivity index (χ1) is 9.16. The van der Waals surface area contributed by atoms with E-state index in [1.54, 1.807) is 35.3 Å². The SMILES string of the molecule is CSC(SC)(SC)C(=O)c1ccc2ccccc2c1. The molecule has 4 heteroatoms. The molecule has 0 bridgehead atoms. The summed E-state index contributed by atoms with van der Waals surface area (Å²) < 4.78 is -0.442. The molecule has 100 valence electrons. The summed E-state index contributed by atoms with van der Waals surface area (Å²) in [6.45, 7) is 0. The molecule has 0 saturated carbocycles. The van der Waals surface area contributed by atoms with E-state index < -0.39 is 3.41 Å². The third kappa shape index (κ3) is 2.81. The fourth-order valence-corrected chi connectivity index (χ4v) is 4.95. The van der Waals surface area contributed by atoms with Crippen LogP contribution in [0.25, 0.3) is 10.8 Å². The lowest BCUT2D eigenvalue weighted by molar-refractivity contribution is 0.100. The Morgan fingerprint density at radius 2 is 1.47 bits per heavy atom. The molecule has 2 rings (SSSR count). The molecule has 0 spiro atoms. The van der Waals surface area contributed by atoms with Gasteiger partial charge in [-0.1, -0.05) is 36.4 Å². The highest BCUT2D eigenvalue weighted by Crippen LogP contribution is 2.45. The summed E-state index contributed by atoms with van der Waals surface area (Å²) in [7, 11) is 0. The number of Topliss-reactive ketones (excluding diaryl/α,β-unsaturated/α-hetero) is 1. The summed E-state index contributed by atoms with van der Waals surface area (Å²) in [5.41, 5.74) is 0.789. The fourth-order valence-electron chi connectivity index (χ4n) is 2.04. The van der Waals surface area contributed by atoms with Crippen LogP contribution in [0, 0.1) is 0 Å². The van der Waals surface area contributed by atoms with Crippen molar-refractivity contribution < 1.29 is 4.79 Å². The molecule has 0 atom stereocenters. The first kappa shape index (κ1) is 14.8. The van der Waals surface area contributed by atoms with Crippen LogP contribution in [0.3, 0.4) is 0 Å². The van der Waals surface area contributed by atoms with E-state index in [2.05, 4.69) is 6.07 Å². The lowest BCUT2D eigenvalue weighted by Gasteiger charge is -2.26. The van der Waals surface area contributed by atoms with Gasteiger partial charge in [0.2, 0.25) is 0 Å². The van der Waals surface area contributed by atoms with Crippen molar-refractivity contribution >= 4 is 51.8 Å². The number of carbonyl (C=O) groups is 1. The van der Waals surface area contributed by atoms with E-state index in [-0.39, 0.29) is 5.78 Å². The third-order valence-corrected chi connectivity index (χ3v) is 8.26. The maximum Gasteiger partial charge on any atom is 0.199 e. The van der Waals surface area contributed by atoms with Gasteiger partial charge in [-0.15, -0.1) is 35.3 Å². The molecular weight excluding hydrogens is 292 g/mol. The lowest BCUT2D eigenvalue weighted by Crippen LogP contribution is -2.27. The minimum absolute atomic E-state index is 0.186. The Kier molecular flexibility index (Phi) is 4.87. The molecule has 0 radical (unpaired) electrons. The maximum absolute atomic E-state index is 12.7. The largest absolute Gasteiger partial charge is 0.291 e. The van der Waals surface area contributed by atoms with Crippen molar-refractivity contribution in [2.24, 2.45) is 0 Å². The standard InChI is InChI=1S/C15H16OS3/c1-17-15(18-2,19-3)14(16)13-9-8-11-6-4-5-7-12(11)10-13/h4-10H,1-3H3. The number of hydrogen-bond acceptors (Lipinski definition) is 4. The Hall–Kier alpha value is -0.580. The van der Waals surface area contributed by atoms with Gasteiger partial charge in [-0.2, -0.15) is 0 Å². The van der Waals surface area contributed by atoms with E-state index >= 15 is 0 Å². The molecule has 19 heavy (non-hydrogen) atoms. The van der Waals surface area contributed by atoms with Crippen LogP contribution < -0.4 is 0 Å². The highest BCUT2D eigenvalue weighted by molar-refractivity contribution is 8.34. The average molecular weight is 308 g/mol. The van der Waals surface area contributed by atoms with Gasteiger partial charge in [0.1, 0.15) is 0 Å². The summed E-state index contributed by atoms with van der Waals surface area (Å²) in [5.74, 6) is 0.186. The minimum Gasteiger partial charge on any atom is -0.291 e. The van der Waals surface area contributed by atoms with E-state index in [4.69, 9.17) is 0 Å². The highest BCUT2D eigenvalue weighted by atomic mass is 32.3. The van der Waals surface area contributed by atoms with Crippen LogP contribution >= 0.6 is 35.3 Å². The Balaban J connectivity index is 2.46. The van der Waals surface area contributed by atoms with Gasteiger partial charge in [-0.25, -0.2) is 0 Å². The van der Waals surface area contributed by atoms with Crippen LogP contribution in [0.15, 0.2) is 42.5 Å². The van der Waals surface area contributed by atoms with Gasteiger partial charge in [0, 0.05) is 5.56 Å². The molecule has 1 nitrogen and oxygen atoms in total. The summed E-state index contributed by atoms with van der Waals surface area (Å²) in [4.78, 5) is 12.7. The average Bonchev–Trinajstić information content (AvgIpc) is 2.49. The van der Waals surface area contributed by atoms with Crippen molar-refractivity contribution in [1.29, 1.82) is 0 Å². The van der Waals surface area contributed by atoms with Crippen LogP contribution in [-0.4, -0.2) is 28.0 Å². The van der Waals surface area contributed by atoms with Crippen LogP contribution in [0.5, 0.6) is 0 Å². The van der Waals surface area contributed by atoms with E-state index in [1.807, 2.05) is 55.2 Å². The van der Waals surface area contributed by atoms with Crippen molar-refractivity contribution in [3.05, 3.63) is 48.0 Å². The summed E-state index contributed by atoms with van der Waals surface area (Å²) in [6.07, 6.45) is 5.98. The number of carbonyl (C=O) groups excluding carboxylic acids is 1. The number of rotatable bonds is 5. The molecule has 0 amide bonds. The fraction of sp³-hybridized carbons (Fsp3) is 0.267. The Bertz CT molecular complexity index is 582. The van der Waals surface area contributed by atoms with E-state index in [9.17, 15) is 4.79 Å². The molecule has 0 fully saturated rings. The Morgan fingerprint density at radius 1 is 0.895 bits per heavy atom. The third-order valence-electron chi connectivity index (χ3n) is 3.10. The van der Waals surface area contributed by atoms with E-state index in [0.29, 0.717) is 0 Å². The number of benzene rings is 2. The summed E-state index contributed by atoms with van der Waals surface area (Å²) in [6, 6.07) is 14.1. The molecule has 2 aromatic rings. The zero-order chi connectivity index (χ0) is 13.9. The van der Waals surface area contributed by atoms with Gasteiger partial charge in [0.05, 0.1) is 0 Å². The van der Waals surface area contributed by atoms with Crippen molar-refractivity contribution in [2.75, 3.05) is 18.8 Å². The zero-order valence-electron chi connectivity index (χ0n) is 11.2. The second kappa shape index (κ2) is 6.25. The van der Waals surface area contributed by atoms with E-state index in [0.717, 1.165) is 10.9 Å². The number of thioether (sulfide) groups is 3. The van der Waals surface area contributed by atoms with Gasteiger partial charge < -0.3 is 0 Å². The minimum atomic E-state index is -0.442. The first-order valence-corrected chi connectivity index (χ1v) is 9.53. The second-order valence-electron chi connectivity index (χ2n) is 4.06. The maximum atomic E-state index is 12.7. The number of hydrogen-bond donors (Lipinski definition) is 0. The molecule has 0 heterocycles. The molecule has 2 aromatic carbocycles. The zero-order valence-corrected chi connectivity index (χ0v) is 13.6. The Labute approximate surface area is 126 Å². The first-order valence-electron chi connectivity index (χ1n) is 5.86. The van der Waals surface area contributed by atoms with Crippen molar-refractivity contribution in [2.45, 2.75) is 3.41 Å². The van der Waals surface area contributed by atoms with Crippen molar-refractivity contribution in [1.82, 2.24) is 0 Å². The molecule has 0 saturated heterocycles. The van der Waals surface area contributed by atoms with Gasteiger partial charge >= 0.3 is 0 Å². The molecular formula is C15H16OS3. The quantitative estimate of drug-likeness (QED) is 0.584. The molecule has 0 aromatic heterocycles. The molecule has 0 aliphatic rings. The van der Waals surface area contributed by atoms with Crippen molar-refractivity contribution in [3.63, 3.8) is 0 Å². The van der Waals surface area contributed by atoms with Gasteiger partial charge in [-0.05, 0) is 35.6 Å². The predicted molar refractivity (Wildman–Crippen MR) is 91.6 cm³/mol. The van der Waals surface area contributed by atoms with Gasteiger partial charge in [0.25, 0.3) is 0 Å². The number of fused-ring (bicyclic) bond motifs is 1. The molecule has 0 N–H and O–H groups in total. The number of ketones is 1. The Morgan fingerprint density at radius 3 is 2.05 bits per heavy atom. The van der Waals surface area contributed by atoms with Crippen LogP contribution in [0.1, 0.15) is 10.4 Å². The summed E-state index contributed by atoms with van der Waals surface area (Å²) >= 11 is 4.81. The van der Waals surface area contributed by atoms with Crippen LogP contribution in [0.4, 0.5) is 0 Å². The van der Waals surface area contributed by atoms with Crippen LogP contribution in [0.2, 0.25) is 0 Å². The van der Waals surface area contributed by atoms with E-state index in [1.165, 1.54) is 5.39 Å². The smallest absolute Gasteiger partial charge is 0.199 e. The van der Waals surface area contributed by atoms with Crippen molar-refractivity contribution in [3.8, 4) is 0 Å². The monoisotopic (exact) mass is 308 g/mol. The molecule has 0 aliphatic carbocycles.